The van der Waals surface area contributed by atoms with Crippen LogP contribution in [0.4, 0.5) is 0 Å². The maximum absolute atomic E-state index is 10.1. The van der Waals surface area contributed by atoms with Gasteiger partial charge in [0.05, 0.1) is 16.8 Å². The van der Waals surface area contributed by atoms with Gasteiger partial charge in [-0.1, -0.05) is 0 Å². The Kier molecular flexibility index (Phi) is 2.33. The van der Waals surface area contributed by atoms with Crippen LogP contribution >= 0.6 is 11.3 Å². The van der Waals surface area contributed by atoms with Crippen LogP contribution < -0.4 is 0 Å². The van der Waals surface area contributed by atoms with Crippen LogP contribution in [0.5, 0.6) is 0 Å². The molecule has 3 rings (SSSR count). The standard InChI is InChI=1S/C12H17NOS/c1-7-13-11(6-15-7)5-12(14)10-3-8-2-9(8)4-10/h6,8-10,12,14H,2-5H2,1H3. The Labute approximate surface area is 94.4 Å². The SMILES string of the molecule is Cc1nc(CC(O)C2CC3CC3C2)cs1. The van der Waals surface area contributed by atoms with Gasteiger partial charge in [-0.25, -0.2) is 4.98 Å². The van der Waals surface area contributed by atoms with Gasteiger partial charge in [-0.3, -0.25) is 0 Å². The number of hydrogen-bond acceptors (Lipinski definition) is 3. The number of thiazole rings is 1. The zero-order chi connectivity index (χ0) is 10.4. The van der Waals surface area contributed by atoms with Crippen LogP contribution in [0, 0.1) is 24.7 Å². The van der Waals surface area contributed by atoms with Gasteiger partial charge >= 0.3 is 0 Å². The molecule has 0 radical (unpaired) electrons. The molecule has 2 fully saturated rings. The van der Waals surface area contributed by atoms with Crippen molar-refractivity contribution in [2.45, 2.75) is 38.7 Å². The molecule has 15 heavy (non-hydrogen) atoms. The number of aliphatic hydroxyl groups is 1. The Morgan fingerprint density at radius 3 is 2.80 bits per heavy atom. The van der Waals surface area contributed by atoms with E-state index in [1.54, 1.807) is 11.3 Å². The van der Waals surface area contributed by atoms with Crippen molar-refractivity contribution in [2.75, 3.05) is 0 Å². The Bertz CT molecular complexity index is 352. The smallest absolute Gasteiger partial charge is 0.0897 e. The normalized spacial score (nSPS) is 35.2. The highest BCUT2D eigenvalue weighted by Crippen LogP contribution is 2.55. The molecule has 0 spiro atoms. The third-order valence-electron chi connectivity index (χ3n) is 3.91. The lowest BCUT2D eigenvalue weighted by atomic mass is 9.94. The summed E-state index contributed by atoms with van der Waals surface area (Å²) in [6.45, 7) is 2.02. The van der Waals surface area contributed by atoms with Crippen molar-refractivity contribution in [3.63, 3.8) is 0 Å². The van der Waals surface area contributed by atoms with Gasteiger partial charge in [-0.2, -0.15) is 0 Å². The molecule has 0 aromatic carbocycles. The number of hydrogen-bond donors (Lipinski definition) is 1. The predicted molar refractivity (Wildman–Crippen MR) is 60.9 cm³/mol. The fourth-order valence-electron chi connectivity index (χ4n) is 2.96. The molecule has 2 nitrogen and oxygen atoms in total. The van der Waals surface area contributed by atoms with Gasteiger partial charge in [0.2, 0.25) is 0 Å². The van der Waals surface area contributed by atoms with Crippen LogP contribution in [-0.4, -0.2) is 16.2 Å². The van der Waals surface area contributed by atoms with E-state index in [4.69, 9.17) is 0 Å². The van der Waals surface area contributed by atoms with Crippen LogP contribution in [0.1, 0.15) is 30.0 Å². The number of rotatable bonds is 3. The van der Waals surface area contributed by atoms with Gasteiger partial charge < -0.3 is 5.11 Å². The quantitative estimate of drug-likeness (QED) is 0.853. The van der Waals surface area contributed by atoms with Crippen molar-refractivity contribution in [1.82, 2.24) is 4.98 Å². The number of aliphatic hydroxyl groups excluding tert-OH is 1. The maximum atomic E-state index is 10.1. The summed E-state index contributed by atoms with van der Waals surface area (Å²) in [4.78, 5) is 4.41. The van der Waals surface area contributed by atoms with Crippen LogP contribution in [0.2, 0.25) is 0 Å². The summed E-state index contributed by atoms with van der Waals surface area (Å²) in [5.41, 5.74) is 1.07. The third-order valence-corrected chi connectivity index (χ3v) is 4.73. The van der Waals surface area contributed by atoms with Crippen molar-refractivity contribution in [3.05, 3.63) is 16.1 Å². The first-order valence-corrected chi connectivity index (χ1v) is 6.69. The lowest BCUT2D eigenvalue weighted by Gasteiger charge is -2.18. The fourth-order valence-corrected chi connectivity index (χ4v) is 3.58. The van der Waals surface area contributed by atoms with Gasteiger partial charge in [0.1, 0.15) is 0 Å². The first-order chi connectivity index (χ1) is 7.22. The second kappa shape index (κ2) is 3.56. The molecule has 2 aliphatic rings. The molecule has 0 aliphatic heterocycles. The minimum Gasteiger partial charge on any atom is -0.392 e. The van der Waals surface area contributed by atoms with Gasteiger partial charge in [0, 0.05) is 11.8 Å². The minimum absolute atomic E-state index is 0.153. The average molecular weight is 223 g/mol. The molecule has 0 saturated heterocycles. The Hall–Kier alpha value is -0.410. The molecule has 1 N–H and O–H groups in total. The molecule has 0 amide bonds. The summed E-state index contributed by atoms with van der Waals surface area (Å²) in [7, 11) is 0. The summed E-state index contributed by atoms with van der Waals surface area (Å²) >= 11 is 1.68. The topological polar surface area (TPSA) is 33.1 Å². The Balaban J connectivity index is 1.58. The number of nitrogens with zero attached hydrogens (tertiary/aromatic N) is 1. The molecule has 1 aromatic heterocycles. The molecule has 2 saturated carbocycles. The van der Waals surface area contributed by atoms with Crippen LogP contribution in [-0.2, 0) is 6.42 Å². The molecule has 1 aromatic rings. The zero-order valence-corrected chi connectivity index (χ0v) is 9.83. The van der Waals surface area contributed by atoms with Gasteiger partial charge in [0.25, 0.3) is 0 Å². The molecule has 3 unspecified atom stereocenters. The summed E-state index contributed by atoms with van der Waals surface area (Å²) in [5, 5.41) is 13.3. The van der Waals surface area contributed by atoms with E-state index in [1.165, 1.54) is 19.3 Å². The second-order valence-corrected chi connectivity index (χ2v) is 6.18. The molecular formula is C12H17NOS. The van der Waals surface area contributed by atoms with Crippen molar-refractivity contribution in [2.24, 2.45) is 17.8 Å². The first-order valence-electron chi connectivity index (χ1n) is 5.81. The van der Waals surface area contributed by atoms with Crippen molar-refractivity contribution >= 4 is 11.3 Å². The van der Waals surface area contributed by atoms with E-state index >= 15 is 0 Å². The van der Waals surface area contributed by atoms with Crippen molar-refractivity contribution in [3.8, 4) is 0 Å². The molecule has 3 heteroatoms. The number of aromatic nitrogens is 1. The summed E-state index contributed by atoms with van der Waals surface area (Å²) in [5.74, 6) is 2.47. The molecule has 1 heterocycles. The van der Waals surface area contributed by atoms with Gasteiger partial charge in [-0.05, 0) is 43.9 Å². The Morgan fingerprint density at radius 2 is 2.20 bits per heavy atom. The molecule has 2 aliphatic carbocycles. The number of fused-ring (bicyclic) bond motifs is 1. The van der Waals surface area contributed by atoms with Crippen LogP contribution in [0.25, 0.3) is 0 Å². The second-order valence-electron chi connectivity index (χ2n) is 5.12. The van der Waals surface area contributed by atoms with Gasteiger partial charge in [0.15, 0.2) is 0 Å². The zero-order valence-electron chi connectivity index (χ0n) is 9.02. The van der Waals surface area contributed by atoms with Crippen molar-refractivity contribution < 1.29 is 5.11 Å². The fraction of sp³-hybridized carbons (Fsp3) is 0.750. The van der Waals surface area contributed by atoms with E-state index in [-0.39, 0.29) is 6.10 Å². The molecular weight excluding hydrogens is 206 g/mol. The summed E-state index contributed by atoms with van der Waals surface area (Å²) < 4.78 is 0. The molecule has 0 bridgehead atoms. The van der Waals surface area contributed by atoms with E-state index in [2.05, 4.69) is 10.4 Å². The molecule has 82 valence electrons. The monoisotopic (exact) mass is 223 g/mol. The first kappa shape index (κ1) is 9.79. The van der Waals surface area contributed by atoms with E-state index in [0.29, 0.717) is 5.92 Å². The van der Waals surface area contributed by atoms with Gasteiger partial charge in [-0.15, -0.1) is 11.3 Å². The average Bonchev–Trinajstić information content (AvgIpc) is 2.61. The van der Waals surface area contributed by atoms with E-state index < -0.39 is 0 Å². The van der Waals surface area contributed by atoms with Crippen molar-refractivity contribution in [1.29, 1.82) is 0 Å². The lowest BCUT2D eigenvalue weighted by molar-refractivity contribution is 0.103. The highest BCUT2D eigenvalue weighted by Gasteiger charge is 2.47. The molecule has 3 atom stereocenters. The maximum Gasteiger partial charge on any atom is 0.0897 e. The van der Waals surface area contributed by atoms with E-state index in [0.717, 1.165) is 29.0 Å². The third kappa shape index (κ3) is 1.95. The summed E-state index contributed by atoms with van der Waals surface area (Å²) in [6, 6.07) is 0. The highest BCUT2D eigenvalue weighted by atomic mass is 32.1. The van der Waals surface area contributed by atoms with Crippen LogP contribution in [0.3, 0.4) is 0 Å². The largest absolute Gasteiger partial charge is 0.392 e. The van der Waals surface area contributed by atoms with E-state index in [9.17, 15) is 5.11 Å². The Morgan fingerprint density at radius 1 is 1.47 bits per heavy atom. The summed E-state index contributed by atoms with van der Waals surface area (Å²) in [6.07, 6.45) is 4.55. The lowest BCUT2D eigenvalue weighted by Crippen LogP contribution is -2.21. The predicted octanol–water partition coefficient (Wildman–Crippen LogP) is 2.40. The van der Waals surface area contributed by atoms with E-state index in [1.807, 2.05) is 6.92 Å². The van der Waals surface area contributed by atoms with Crippen LogP contribution in [0.15, 0.2) is 5.38 Å². The minimum atomic E-state index is -0.153. The highest BCUT2D eigenvalue weighted by molar-refractivity contribution is 7.09. The number of aryl methyl sites for hydroxylation is 1.